The number of methoxy groups -OCH3 is 1. The zero-order chi connectivity index (χ0) is 27.7. The van der Waals surface area contributed by atoms with Crippen LogP contribution in [0.1, 0.15) is 48.8 Å². The van der Waals surface area contributed by atoms with Crippen LogP contribution in [-0.4, -0.2) is 85.0 Å². The van der Waals surface area contributed by atoms with Gasteiger partial charge in [0.1, 0.15) is 13.5 Å². The van der Waals surface area contributed by atoms with Crippen LogP contribution >= 0.6 is 0 Å². The van der Waals surface area contributed by atoms with Crippen LogP contribution in [0.15, 0.2) is 54.6 Å². The second kappa shape index (κ2) is 11.4. The number of likely N-dealkylation sites (tertiary alicyclic amines) is 1. The molecule has 1 aliphatic carbocycles. The normalized spacial score (nSPS) is 28.1. The third kappa shape index (κ3) is 4.85. The average Bonchev–Trinajstić information content (AvgIpc) is 3.49. The van der Waals surface area contributed by atoms with Gasteiger partial charge in [-0.25, -0.2) is 9.59 Å². The zero-order valence-electron chi connectivity index (χ0n) is 23.8. The van der Waals surface area contributed by atoms with Crippen molar-refractivity contribution in [3.63, 3.8) is 0 Å². The molecule has 3 amide bonds. The highest BCUT2D eigenvalue weighted by Crippen LogP contribution is 2.54. The largest absolute Gasteiger partial charge is 0.453 e. The highest BCUT2D eigenvalue weighted by atomic mass is 16.5. The number of fused-ring (bicyclic) bond motifs is 1. The van der Waals surface area contributed by atoms with Gasteiger partial charge in [0, 0.05) is 38.1 Å². The van der Waals surface area contributed by atoms with Gasteiger partial charge in [-0.1, -0.05) is 61.0 Å². The van der Waals surface area contributed by atoms with Crippen LogP contribution < -0.4 is 0 Å². The van der Waals surface area contributed by atoms with Gasteiger partial charge in [0.05, 0.1) is 7.11 Å². The molecule has 1 saturated carbocycles. The lowest BCUT2D eigenvalue weighted by Gasteiger charge is -2.56. The first-order valence-electron chi connectivity index (χ1n) is 14.8. The van der Waals surface area contributed by atoms with E-state index >= 15 is 0 Å². The molecule has 3 aliphatic heterocycles. The second-order valence-corrected chi connectivity index (χ2v) is 12.1. The van der Waals surface area contributed by atoms with Crippen molar-refractivity contribution < 1.29 is 19.1 Å². The number of carbonyl (C=O) groups is 2. The molecule has 0 N–H and O–H groups in total. The molecule has 214 valence electrons. The highest BCUT2D eigenvalue weighted by Gasteiger charge is 2.56. The van der Waals surface area contributed by atoms with Gasteiger partial charge in [-0.15, -0.1) is 0 Å². The molecule has 6 rings (SSSR count). The minimum absolute atomic E-state index is 0.0462. The lowest BCUT2D eigenvalue weighted by Crippen LogP contribution is -2.62. The van der Waals surface area contributed by atoms with Crippen molar-refractivity contribution in [3.8, 4) is 0 Å². The SMILES string of the molecule is COC(=O)N1Cc2ccccc2C(C2CCN(Cc3ccccc3)CC2)([C@H]2CCC[C@@H]2N2COCN(C)C2=O)C1. The fraction of sp³-hybridized carbons (Fsp3) is 0.562. The topological polar surface area (TPSA) is 65.6 Å². The number of hydrogen-bond donors (Lipinski definition) is 0. The minimum atomic E-state index is -0.271. The number of amides is 3. The maximum absolute atomic E-state index is 13.4. The minimum Gasteiger partial charge on any atom is -0.453 e. The number of benzene rings is 2. The molecule has 3 fully saturated rings. The van der Waals surface area contributed by atoms with Gasteiger partial charge < -0.3 is 19.3 Å². The van der Waals surface area contributed by atoms with E-state index in [4.69, 9.17) is 9.47 Å². The quantitative estimate of drug-likeness (QED) is 0.535. The number of carbonyl (C=O) groups excluding carboxylic acids is 2. The summed E-state index contributed by atoms with van der Waals surface area (Å²) < 4.78 is 11.1. The number of hydrogen-bond acceptors (Lipinski definition) is 5. The van der Waals surface area contributed by atoms with E-state index in [9.17, 15) is 9.59 Å². The first kappa shape index (κ1) is 27.1. The van der Waals surface area contributed by atoms with Crippen LogP contribution in [0.2, 0.25) is 0 Å². The summed E-state index contributed by atoms with van der Waals surface area (Å²) in [5, 5.41) is 0. The standard InChI is InChI=1S/C32H42N4O4/c1-33-22-40-23-36(30(33)37)29-14-8-13-28(29)32(21-35(31(38)39-2)20-25-11-6-7-12-27(25)32)26-15-17-34(18-16-26)19-24-9-4-3-5-10-24/h3-7,9-12,26,28-29H,8,13-23H2,1-2H3/t28-,29-,32?/m0/s1. The van der Waals surface area contributed by atoms with Crippen LogP contribution in [0.4, 0.5) is 9.59 Å². The maximum Gasteiger partial charge on any atom is 0.409 e. The van der Waals surface area contributed by atoms with Crippen LogP contribution in [0, 0.1) is 11.8 Å². The average molecular weight is 547 g/mol. The Labute approximate surface area is 237 Å². The van der Waals surface area contributed by atoms with E-state index < -0.39 is 0 Å². The van der Waals surface area contributed by atoms with E-state index in [0.29, 0.717) is 32.5 Å². The first-order chi connectivity index (χ1) is 19.5. The van der Waals surface area contributed by atoms with Crippen molar-refractivity contribution in [1.29, 1.82) is 0 Å². The number of piperidine rings is 1. The van der Waals surface area contributed by atoms with Gasteiger partial charge >= 0.3 is 12.1 Å². The summed E-state index contributed by atoms with van der Waals surface area (Å²) >= 11 is 0. The molecule has 4 aliphatic rings. The van der Waals surface area contributed by atoms with Gasteiger partial charge in [0.15, 0.2) is 0 Å². The van der Waals surface area contributed by atoms with Crippen molar-refractivity contribution in [2.45, 2.75) is 56.7 Å². The van der Waals surface area contributed by atoms with E-state index in [1.165, 1.54) is 23.8 Å². The summed E-state index contributed by atoms with van der Waals surface area (Å²) in [5.41, 5.74) is 3.65. The fourth-order valence-corrected chi connectivity index (χ4v) is 8.21. The predicted octanol–water partition coefficient (Wildman–Crippen LogP) is 4.89. The van der Waals surface area contributed by atoms with Crippen molar-refractivity contribution in [2.75, 3.05) is 47.3 Å². The molecule has 3 heterocycles. The summed E-state index contributed by atoms with van der Waals surface area (Å²) in [6.45, 7) is 4.85. The van der Waals surface area contributed by atoms with Crippen LogP contribution in [0.3, 0.4) is 0 Å². The van der Waals surface area contributed by atoms with Crippen molar-refractivity contribution in [1.82, 2.24) is 19.6 Å². The second-order valence-electron chi connectivity index (χ2n) is 12.1. The van der Waals surface area contributed by atoms with Gasteiger partial charge in [-0.05, 0) is 67.3 Å². The molecular weight excluding hydrogens is 504 g/mol. The first-order valence-corrected chi connectivity index (χ1v) is 14.8. The van der Waals surface area contributed by atoms with E-state index in [1.54, 1.807) is 4.90 Å². The van der Waals surface area contributed by atoms with E-state index in [-0.39, 0.29) is 29.5 Å². The number of urea groups is 1. The molecule has 40 heavy (non-hydrogen) atoms. The number of nitrogens with zero attached hydrogens (tertiary/aromatic N) is 4. The van der Waals surface area contributed by atoms with Crippen molar-refractivity contribution in [3.05, 3.63) is 71.3 Å². The van der Waals surface area contributed by atoms with E-state index in [1.807, 2.05) is 16.8 Å². The lowest BCUT2D eigenvalue weighted by atomic mass is 9.56. The molecule has 0 bridgehead atoms. The molecule has 2 aromatic carbocycles. The molecule has 1 unspecified atom stereocenters. The van der Waals surface area contributed by atoms with E-state index in [0.717, 1.165) is 51.7 Å². The Balaban J connectivity index is 1.37. The zero-order valence-corrected chi connectivity index (χ0v) is 23.8. The Morgan fingerprint density at radius 1 is 1.00 bits per heavy atom. The van der Waals surface area contributed by atoms with Crippen LogP contribution in [0.5, 0.6) is 0 Å². The number of ether oxygens (including phenoxy) is 2. The summed E-state index contributed by atoms with van der Waals surface area (Å²) in [6.07, 6.45) is 4.91. The van der Waals surface area contributed by atoms with Crippen LogP contribution in [-0.2, 0) is 28.0 Å². The highest BCUT2D eigenvalue weighted by molar-refractivity contribution is 5.75. The lowest BCUT2D eigenvalue weighted by molar-refractivity contribution is -0.0741. The molecule has 8 nitrogen and oxygen atoms in total. The Bertz CT molecular complexity index is 1200. The molecule has 0 aromatic heterocycles. The molecule has 2 saturated heterocycles. The third-order valence-electron chi connectivity index (χ3n) is 9.96. The Kier molecular flexibility index (Phi) is 7.73. The summed E-state index contributed by atoms with van der Waals surface area (Å²) in [5.74, 6) is 0.614. The van der Waals surface area contributed by atoms with Crippen molar-refractivity contribution in [2.24, 2.45) is 11.8 Å². The van der Waals surface area contributed by atoms with Gasteiger partial charge in [-0.2, -0.15) is 0 Å². The predicted molar refractivity (Wildman–Crippen MR) is 152 cm³/mol. The summed E-state index contributed by atoms with van der Waals surface area (Å²) in [7, 11) is 3.29. The molecule has 8 heteroatoms. The summed E-state index contributed by atoms with van der Waals surface area (Å²) in [4.78, 5) is 34.6. The fourth-order valence-electron chi connectivity index (χ4n) is 8.21. The molecule has 0 radical (unpaired) electrons. The Morgan fingerprint density at radius 2 is 1.75 bits per heavy atom. The molecule has 2 aromatic rings. The number of rotatable bonds is 5. The Morgan fingerprint density at radius 3 is 2.52 bits per heavy atom. The Hall–Kier alpha value is -3.10. The van der Waals surface area contributed by atoms with Gasteiger partial charge in [0.25, 0.3) is 0 Å². The smallest absolute Gasteiger partial charge is 0.409 e. The van der Waals surface area contributed by atoms with Gasteiger partial charge in [-0.3, -0.25) is 9.80 Å². The van der Waals surface area contributed by atoms with E-state index in [2.05, 4.69) is 59.5 Å². The molecule has 3 atom stereocenters. The summed E-state index contributed by atoms with van der Waals surface area (Å²) in [6, 6.07) is 19.5. The molecular formula is C32H42N4O4. The van der Waals surface area contributed by atoms with Gasteiger partial charge in [0.2, 0.25) is 0 Å². The third-order valence-corrected chi connectivity index (χ3v) is 9.96. The van der Waals surface area contributed by atoms with Crippen LogP contribution in [0.25, 0.3) is 0 Å². The molecule has 0 spiro atoms. The monoisotopic (exact) mass is 546 g/mol. The van der Waals surface area contributed by atoms with Crippen molar-refractivity contribution >= 4 is 12.1 Å². The maximum atomic E-state index is 13.4.